The number of pyridine rings is 1. The first-order chi connectivity index (χ1) is 6.38. The first-order valence-corrected chi connectivity index (χ1v) is 4.54. The van der Waals surface area contributed by atoms with Crippen molar-refractivity contribution >= 4 is 19.3 Å². The zero-order valence-corrected chi connectivity index (χ0v) is 9.00. The van der Waals surface area contributed by atoms with Gasteiger partial charge in [-0.3, -0.25) is 0 Å². The van der Waals surface area contributed by atoms with E-state index >= 15 is 0 Å². The zero-order valence-electron chi connectivity index (χ0n) is 9.00. The number of hydrogen-bond donors (Lipinski definition) is 0. The Balaban J connectivity index is 2.80. The van der Waals surface area contributed by atoms with Crippen LogP contribution in [0.5, 0.6) is 0 Å². The van der Waals surface area contributed by atoms with E-state index in [-0.39, 0.29) is 5.97 Å². The minimum atomic E-state index is -0.470. The van der Waals surface area contributed by atoms with Crippen LogP contribution >= 0.6 is 0 Å². The van der Waals surface area contributed by atoms with Crippen LogP contribution in [0, 0.1) is 0 Å². The molecule has 1 aromatic heterocycles. The molecule has 0 fully saturated rings. The van der Waals surface area contributed by atoms with E-state index < -0.39 is 5.60 Å². The number of ether oxygens (including phenoxy) is 1. The van der Waals surface area contributed by atoms with Crippen molar-refractivity contribution in [1.29, 1.82) is 0 Å². The summed E-state index contributed by atoms with van der Waals surface area (Å²) in [4.78, 5) is 15.5. The average molecular weight is 191 g/mol. The molecule has 0 aliphatic rings. The molecule has 0 atom stereocenters. The largest absolute Gasteiger partial charge is 0.455 e. The van der Waals surface area contributed by atoms with Crippen LogP contribution in [0.2, 0.25) is 0 Å². The molecule has 0 bridgehead atoms. The van der Waals surface area contributed by atoms with E-state index in [1.807, 2.05) is 34.7 Å². The molecule has 4 heteroatoms. The number of aromatic nitrogens is 1. The number of hydrogen-bond acceptors (Lipinski definition) is 3. The molecule has 0 amide bonds. The topological polar surface area (TPSA) is 39.2 Å². The maximum absolute atomic E-state index is 11.5. The van der Waals surface area contributed by atoms with Gasteiger partial charge in [0.2, 0.25) is 0 Å². The molecular weight excluding hydrogens is 177 g/mol. The van der Waals surface area contributed by atoms with Gasteiger partial charge in [0.25, 0.3) is 0 Å². The van der Waals surface area contributed by atoms with Crippen LogP contribution in [-0.2, 0) is 4.74 Å². The van der Waals surface area contributed by atoms with Gasteiger partial charge in [-0.15, -0.1) is 0 Å². The molecule has 0 N–H and O–H groups in total. The Morgan fingerprint density at radius 3 is 2.64 bits per heavy atom. The first-order valence-electron chi connectivity index (χ1n) is 4.54. The molecule has 14 heavy (non-hydrogen) atoms. The summed E-state index contributed by atoms with van der Waals surface area (Å²) in [5, 5.41) is 0. The van der Waals surface area contributed by atoms with Crippen LogP contribution in [0.4, 0.5) is 0 Å². The van der Waals surface area contributed by atoms with Gasteiger partial charge in [0.1, 0.15) is 19.1 Å². The van der Waals surface area contributed by atoms with E-state index in [0.717, 1.165) is 5.46 Å². The molecule has 0 aliphatic heterocycles. The second-order valence-electron chi connectivity index (χ2n) is 4.22. The van der Waals surface area contributed by atoms with Gasteiger partial charge in [0.05, 0.1) is 0 Å². The van der Waals surface area contributed by atoms with Crippen molar-refractivity contribution in [1.82, 2.24) is 4.98 Å². The van der Waals surface area contributed by atoms with Crippen molar-refractivity contribution < 1.29 is 9.53 Å². The lowest BCUT2D eigenvalue weighted by Crippen LogP contribution is -2.25. The maximum Gasteiger partial charge on any atom is 0.357 e. The molecule has 1 heterocycles. The Labute approximate surface area is 84.9 Å². The van der Waals surface area contributed by atoms with Gasteiger partial charge in [0, 0.05) is 6.20 Å². The van der Waals surface area contributed by atoms with Gasteiger partial charge in [-0.25, -0.2) is 9.78 Å². The van der Waals surface area contributed by atoms with E-state index in [2.05, 4.69) is 4.98 Å². The van der Waals surface area contributed by atoms with Crippen molar-refractivity contribution in [3.8, 4) is 0 Å². The summed E-state index contributed by atoms with van der Waals surface area (Å²) < 4.78 is 5.18. The van der Waals surface area contributed by atoms with Crippen molar-refractivity contribution in [2.45, 2.75) is 26.4 Å². The van der Waals surface area contributed by atoms with Crippen LogP contribution in [0.15, 0.2) is 18.3 Å². The predicted octanol–water partition coefficient (Wildman–Crippen LogP) is 0.295. The summed E-state index contributed by atoms with van der Waals surface area (Å²) in [6.07, 6.45) is 1.61. The van der Waals surface area contributed by atoms with E-state index in [1.54, 1.807) is 12.3 Å². The Morgan fingerprint density at radius 1 is 1.50 bits per heavy atom. The van der Waals surface area contributed by atoms with Gasteiger partial charge in [-0.1, -0.05) is 11.5 Å². The number of nitrogens with zero attached hydrogens (tertiary/aromatic N) is 1. The fraction of sp³-hybridized carbons (Fsp3) is 0.400. The van der Waals surface area contributed by atoms with Gasteiger partial charge >= 0.3 is 5.97 Å². The van der Waals surface area contributed by atoms with E-state index in [4.69, 9.17) is 4.74 Å². The minimum absolute atomic E-state index is 0.361. The number of carbonyl (C=O) groups excluding carboxylic acids is 1. The van der Waals surface area contributed by atoms with Gasteiger partial charge < -0.3 is 4.74 Å². The molecule has 0 saturated carbocycles. The molecule has 3 nitrogen and oxygen atoms in total. The molecule has 0 aromatic carbocycles. The van der Waals surface area contributed by atoms with Crippen LogP contribution in [0.3, 0.4) is 0 Å². The third-order valence-corrected chi connectivity index (χ3v) is 1.52. The summed E-state index contributed by atoms with van der Waals surface area (Å²) >= 11 is 0. The van der Waals surface area contributed by atoms with Crippen LogP contribution < -0.4 is 5.46 Å². The van der Waals surface area contributed by atoms with Crippen molar-refractivity contribution in [2.24, 2.45) is 0 Å². The lowest BCUT2D eigenvalue weighted by molar-refractivity contribution is 0.00630. The second-order valence-corrected chi connectivity index (χ2v) is 4.22. The Morgan fingerprint density at radius 2 is 2.14 bits per heavy atom. The summed E-state index contributed by atoms with van der Waals surface area (Å²) in [7, 11) is 1.91. The standard InChI is InChI=1S/C10H14BNO2/c1-10(2,3)14-9(13)8-6-7(11)4-5-12-8/h4-6H,11H2,1-3H3. The number of rotatable bonds is 1. The lowest BCUT2D eigenvalue weighted by Gasteiger charge is -2.19. The SMILES string of the molecule is Bc1ccnc(C(=O)OC(C)(C)C)c1. The monoisotopic (exact) mass is 191 g/mol. The van der Waals surface area contributed by atoms with Gasteiger partial charge in [-0.05, 0) is 26.8 Å². The van der Waals surface area contributed by atoms with Gasteiger partial charge in [0.15, 0.2) is 0 Å². The fourth-order valence-electron chi connectivity index (χ4n) is 0.978. The molecule has 0 unspecified atom stereocenters. The minimum Gasteiger partial charge on any atom is -0.455 e. The zero-order chi connectivity index (χ0) is 10.8. The summed E-state index contributed by atoms with van der Waals surface area (Å²) in [5.41, 5.74) is 0.892. The quantitative estimate of drug-likeness (QED) is 0.473. The Hall–Kier alpha value is -1.32. The highest BCUT2D eigenvalue weighted by atomic mass is 16.6. The molecule has 0 aliphatic carbocycles. The van der Waals surface area contributed by atoms with Crippen molar-refractivity contribution in [3.05, 3.63) is 24.0 Å². The molecule has 0 saturated heterocycles. The van der Waals surface area contributed by atoms with E-state index in [9.17, 15) is 4.79 Å². The van der Waals surface area contributed by atoms with Crippen LogP contribution in [-0.4, -0.2) is 24.4 Å². The smallest absolute Gasteiger partial charge is 0.357 e. The second kappa shape index (κ2) is 3.82. The van der Waals surface area contributed by atoms with Crippen molar-refractivity contribution in [3.63, 3.8) is 0 Å². The third kappa shape index (κ3) is 3.20. The van der Waals surface area contributed by atoms with Crippen molar-refractivity contribution in [2.75, 3.05) is 0 Å². The summed E-state index contributed by atoms with van der Waals surface area (Å²) in [6, 6.07) is 3.56. The fourth-order valence-corrected chi connectivity index (χ4v) is 0.978. The normalized spacial score (nSPS) is 11.1. The van der Waals surface area contributed by atoms with E-state index in [0.29, 0.717) is 5.69 Å². The molecular formula is C10H14BNO2. The molecule has 74 valence electrons. The Kier molecular flexibility index (Phi) is 2.94. The maximum atomic E-state index is 11.5. The lowest BCUT2D eigenvalue weighted by atomic mass is 9.97. The van der Waals surface area contributed by atoms with Crippen LogP contribution in [0.1, 0.15) is 31.3 Å². The summed E-state index contributed by atoms with van der Waals surface area (Å²) in [5.74, 6) is -0.374. The average Bonchev–Trinajstić information content (AvgIpc) is 2.01. The predicted molar refractivity (Wildman–Crippen MR) is 57.6 cm³/mol. The number of carbonyl (C=O) groups is 1. The summed E-state index contributed by atoms with van der Waals surface area (Å²) in [6.45, 7) is 5.50. The molecule has 0 radical (unpaired) electrons. The third-order valence-electron chi connectivity index (χ3n) is 1.52. The first kappa shape index (κ1) is 10.8. The van der Waals surface area contributed by atoms with E-state index in [1.165, 1.54) is 0 Å². The highest BCUT2D eigenvalue weighted by molar-refractivity contribution is 6.32. The molecule has 1 rings (SSSR count). The highest BCUT2D eigenvalue weighted by Crippen LogP contribution is 2.09. The highest BCUT2D eigenvalue weighted by Gasteiger charge is 2.18. The number of esters is 1. The molecule has 0 spiro atoms. The van der Waals surface area contributed by atoms with Crippen LogP contribution in [0.25, 0.3) is 0 Å². The molecule has 1 aromatic rings. The Bertz CT molecular complexity index is 344. The van der Waals surface area contributed by atoms with Gasteiger partial charge in [-0.2, -0.15) is 0 Å².